The Labute approximate surface area is 123 Å². The normalized spacial score (nSPS) is 10.1. The van der Waals surface area contributed by atoms with Gasteiger partial charge in [0, 0.05) is 29.6 Å². The van der Waals surface area contributed by atoms with Gasteiger partial charge in [-0.2, -0.15) is 0 Å². The molecule has 0 unspecified atom stereocenters. The maximum Gasteiger partial charge on any atom is 0.269 e. The van der Waals surface area contributed by atoms with Crippen molar-refractivity contribution in [3.8, 4) is 0 Å². The van der Waals surface area contributed by atoms with Gasteiger partial charge in [0.1, 0.15) is 0 Å². The van der Waals surface area contributed by atoms with Crippen LogP contribution in [0.15, 0.2) is 42.5 Å². The molecule has 2 aromatic carbocycles. The summed E-state index contributed by atoms with van der Waals surface area (Å²) in [6.07, 6.45) is 0. The van der Waals surface area contributed by atoms with Crippen LogP contribution in [0.2, 0.25) is 0 Å². The summed E-state index contributed by atoms with van der Waals surface area (Å²) in [6, 6.07) is 8.51. The fourth-order valence-corrected chi connectivity index (χ4v) is 1.66. The lowest BCUT2D eigenvalue weighted by molar-refractivity contribution is -0.384. The minimum atomic E-state index is -1.01. The second-order valence-corrected chi connectivity index (χ2v) is 4.33. The average Bonchev–Trinajstić information content (AvgIpc) is 2.49. The number of hydrogen-bond donors (Lipinski definition) is 2. The van der Waals surface area contributed by atoms with Crippen LogP contribution in [0.4, 0.5) is 25.8 Å². The molecule has 114 valence electrons. The molecule has 1 amide bonds. The van der Waals surface area contributed by atoms with E-state index >= 15 is 0 Å². The van der Waals surface area contributed by atoms with E-state index in [0.717, 1.165) is 12.1 Å². The second-order valence-electron chi connectivity index (χ2n) is 4.33. The van der Waals surface area contributed by atoms with E-state index in [9.17, 15) is 23.7 Å². The molecular formula is C14H11F2N3O3. The van der Waals surface area contributed by atoms with Crippen molar-refractivity contribution in [3.63, 3.8) is 0 Å². The standard InChI is InChI=1S/C14H11F2N3O3/c15-12-6-3-10(7-13(12)16)17-8-14(20)18-9-1-4-11(5-2-9)19(21)22/h1-7,17H,8H2,(H,18,20). The van der Waals surface area contributed by atoms with Crippen molar-refractivity contribution in [2.45, 2.75) is 0 Å². The topological polar surface area (TPSA) is 84.3 Å². The number of amides is 1. The van der Waals surface area contributed by atoms with E-state index in [1.54, 1.807) is 0 Å². The first-order chi connectivity index (χ1) is 10.5. The highest BCUT2D eigenvalue weighted by molar-refractivity contribution is 5.93. The van der Waals surface area contributed by atoms with Gasteiger partial charge in [-0.1, -0.05) is 0 Å². The highest BCUT2D eigenvalue weighted by Gasteiger charge is 2.07. The van der Waals surface area contributed by atoms with E-state index < -0.39 is 22.5 Å². The van der Waals surface area contributed by atoms with Crippen molar-refractivity contribution in [1.29, 1.82) is 0 Å². The van der Waals surface area contributed by atoms with E-state index in [-0.39, 0.29) is 17.9 Å². The minimum Gasteiger partial charge on any atom is -0.376 e. The molecular weight excluding hydrogens is 296 g/mol. The van der Waals surface area contributed by atoms with Gasteiger partial charge in [-0.25, -0.2) is 8.78 Å². The predicted molar refractivity (Wildman–Crippen MR) is 76.6 cm³/mol. The SMILES string of the molecule is O=C(CNc1ccc(F)c(F)c1)Nc1ccc([N+](=O)[O-])cc1. The van der Waals surface area contributed by atoms with Crippen LogP contribution in [0.3, 0.4) is 0 Å². The summed E-state index contributed by atoms with van der Waals surface area (Å²) in [5.41, 5.74) is 0.568. The monoisotopic (exact) mass is 307 g/mol. The van der Waals surface area contributed by atoms with Crippen LogP contribution in [0.1, 0.15) is 0 Å². The van der Waals surface area contributed by atoms with Crippen molar-refractivity contribution in [2.75, 3.05) is 17.2 Å². The third kappa shape index (κ3) is 3.98. The molecule has 2 aromatic rings. The third-order valence-corrected chi connectivity index (χ3v) is 2.73. The summed E-state index contributed by atoms with van der Waals surface area (Å²) < 4.78 is 25.7. The maximum atomic E-state index is 13.0. The Morgan fingerprint density at radius 1 is 1.05 bits per heavy atom. The Kier molecular flexibility index (Phi) is 4.62. The Hall–Kier alpha value is -3.03. The van der Waals surface area contributed by atoms with Crippen molar-refractivity contribution < 1.29 is 18.5 Å². The number of rotatable bonds is 5. The molecule has 0 saturated heterocycles. The molecule has 0 heterocycles. The van der Waals surface area contributed by atoms with Crippen molar-refractivity contribution in [1.82, 2.24) is 0 Å². The lowest BCUT2D eigenvalue weighted by Gasteiger charge is -2.08. The zero-order valence-corrected chi connectivity index (χ0v) is 11.2. The number of carbonyl (C=O) groups excluding carboxylic acids is 1. The first-order valence-corrected chi connectivity index (χ1v) is 6.19. The molecule has 2 rings (SSSR count). The van der Waals surface area contributed by atoms with Gasteiger partial charge in [-0.15, -0.1) is 0 Å². The largest absolute Gasteiger partial charge is 0.376 e. The third-order valence-electron chi connectivity index (χ3n) is 2.73. The number of non-ortho nitro benzene ring substituents is 1. The van der Waals surface area contributed by atoms with Gasteiger partial charge in [0.2, 0.25) is 5.91 Å². The fourth-order valence-electron chi connectivity index (χ4n) is 1.66. The smallest absolute Gasteiger partial charge is 0.269 e. The molecule has 0 saturated carbocycles. The zero-order chi connectivity index (χ0) is 16.1. The van der Waals surface area contributed by atoms with E-state index in [1.807, 2.05) is 0 Å². The number of halogens is 2. The fraction of sp³-hybridized carbons (Fsp3) is 0.0714. The molecule has 0 fully saturated rings. The number of nitrogens with one attached hydrogen (secondary N) is 2. The zero-order valence-electron chi connectivity index (χ0n) is 11.2. The number of carbonyl (C=O) groups is 1. The van der Waals surface area contributed by atoms with Gasteiger partial charge in [0.25, 0.3) is 5.69 Å². The van der Waals surface area contributed by atoms with Crippen molar-refractivity contribution in [2.24, 2.45) is 0 Å². The lowest BCUT2D eigenvalue weighted by atomic mass is 10.3. The highest BCUT2D eigenvalue weighted by Crippen LogP contribution is 2.16. The van der Waals surface area contributed by atoms with Crippen molar-refractivity contribution >= 4 is 23.0 Å². The van der Waals surface area contributed by atoms with E-state index in [1.165, 1.54) is 30.3 Å². The van der Waals surface area contributed by atoms with Gasteiger partial charge in [0.05, 0.1) is 11.5 Å². The summed E-state index contributed by atoms with van der Waals surface area (Å²) in [6.45, 7) is -0.165. The number of nitro groups is 1. The second kappa shape index (κ2) is 6.61. The summed E-state index contributed by atoms with van der Waals surface area (Å²) >= 11 is 0. The molecule has 0 spiro atoms. The molecule has 0 bridgehead atoms. The van der Waals surface area contributed by atoms with Crippen molar-refractivity contribution in [3.05, 3.63) is 64.2 Å². The molecule has 8 heteroatoms. The predicted octanol–water partition coefficient (Wildman–Crippen LogP) is 2.92. The van der Waals surface area contributed by atoms with Crippen LogP contribution in [-0.4, -0.2) is 17.4 Å². The molecule has 0 radical (unpaired) electrons. The number of anilines is 2. The van der Waals surface area contributed by atoms with Crippen LogP contribution in [0.5, 0.6) is 0 Å². The number of nitro benzene ring substituents is 1. The first kappa shape index (κ1) is 15.4. The molecule has 2 N–H and O–H groups in total. The quantitative estimate of drug-likeness (QED) is 0.657. The van der Waals surface area contributed by atoms with E-state index in [4.69, 9.17) is 0 Å². The Bertz CT molecular complexity index is 705. The lowest BCUT2D eigenvalue weighted by Crippen LogP contribution is -2.21. The van der Waals surface area contributed by atoms with E-state index in [2.05, 4.69) is 10.6 Å². The number of hydrogen-bond acceptors (Lipinski definition) is 4. The molecule has 0 aliphatic heterocycles. The summed E-state index contributed by atoms with van der Waals surface area (Å²) in [5.74, 6) is -2.42. The number of nitrogens with zero attached hydrogens (tertiary/aromatic N) is 1. The van der Waals surface area contributed by atoms with Gasteiger partial charge in [-0.05, 0) is 24.3 Å². The highest BCUT2D eigenvalue weighted by atomic mass is 19.2. The molecule has 0 atom stereocenters. The Morgan fingerprint density at radius 2 is 1.68 bits per heavy atom. The van der Waals surface area contributed by atoms with Crippen LogP contribution in [0.25, 0.3) is 0 Å². The van der Waals surface area contributed by atoms with Crippen LogP contribution >= 0.6 is 0 Å². The van der Waals surface area contributed by atoms with Crippen LogP contribution < -0.4 is 10.6 Å². The van der Waals surface area contributed by atoms with Crippen LogP contribution in [-0.2, 0) is 4.79 Å². The molecule has 0 aromatic heterocycles. The Balaban J connectivity index is 1.89. The van der Waals surface area contributed by atoms with Gasteiger partial charge in [-0.3, -0.25) is 14.9 Å². The van der Waals surface area contributed by atoms with Gasteiger partial charge >= 0.3 is 0 Å². The minimum absolute atomic E-state index is 0.0853. The summed E-state index contributed by atoms with van der Waals surface area (Å²) in [7, 11) is 0. The average molecular weight is 307 g/mol. The number of benzene rings is 2. The van der Waals surface area contributed by atoms with Crippen LogP contribution in [0, 0.1) is 21.7 Å². The molecule has 22 heavy (non-hydrogen) atoms. The summed E-state index contributed by atoms with van der Waals surface area (Å²) in [4.78, 5) is 21.6. The Morgan fingerprint density at radius 3 is 2.27 bits per heavy atom. The molecule has 0 aliphatic rings. The van der Waals surface area contributed by atoms with E-state index in [0.29, 0.717) is 5.69 Å². The summed E-state index contributed by atoms with van der Waals surface area (Å²) in [5, 5.41) is 15.6. The molecule has 6 nitrogen and oxygen atoms in total. The van der Waals surface area contributed by atoms with Gasteiger partial charge in [0.15, 0.2) is 11.6 Å². The maximum absolute atomic E-state index is 13.0. The first-order valence-electron chi connectivity index (χ1n) is 6.19. The van der Waals surface area contributed by atoms with Gasteiger partial charge < -0.3 is 10.6 Å². The molecule has 0 aliphatic carbocycles.